The Balaban J connectivity index is 1.84. The van der Waals surface area contributed by atoms with Gasteiger partial charge in [-0.2, -0.15) is 0 Å². The molecule has 12 heteroatoms. The van der Waals surface area contributed by atoms with Crippen molar-refractivity contribution in [3.8, 4) is 21.8 Å². The number of anilines is 2. The summed E-state index contributed by atoms with van der Waals surface area (Å²) in [7, 11) is -4.63. The molecule has 0 saturated carbocycles. The van der Waals surface area contributed by atoms with Crippen LogP contribution in [-0.2, 0) is 15.4 Å². The highest BCUT2D eigenvalue weighted by Gasteiger charge is 2.27. The number of halogens is 3. The zero-order valence-electron chi connectivity index (χ0n) is 18.8. The monoisotopic (exact) mass is 519 g/mol. The van der Waals surface area contributed by atoms with Crippen LogP contribution in [0, 0.1) is 17.5 Å². The van der Waals surface area contributed by atoms with Gasteiger partial charge in [0.05, 0.1) is 27.0 Å². The van der Waals surface area contributed by atoms with Crippen molar-refractivity contribution in [2.45, 2.75) is 31.1 Å². The number of thiazole rings is 1. The molecule has 0 aliphatic heterocycles. The zero-order chi connectivity index (χ0) is 25.5. The summed E-state index contributed by atoms with van der Waals surface area (Å²) in [6.07, 6.45) is 1.46. The molecule has 0 aliphatic carbocycles. The molecule has 4 rings (SSSR count). The van der Waals surface area contributed by atoms with Crippen LogP contribution >= 0.6 is 11.3 Å². The van der Waals surface area contributed by atoms with Gasteiger partial charge in [-0.05, 0) is 36.4 Å². The third-order valence-electron chi connectivity index (χ3n) is 4.86. The number of benzene rings is 2. The van der Waals surface area contributed by atoms with Gasteiger partial charge in [0.25, 0.3) is 10.0 Å². The first-order valence-corrected chi connectivity index (χ1v) is 12.5. The van der Waals surface area contributed by atoms with E-state index in [-0.39, 0.29) is 22.6 Å². The molecule has 4 aromatic rings. The molecule has 0 aliphatic rings. The molecular formula is C23H20F3N5O2S2. The van der Waals surface area contributed by atoms with E-state index in [9.17, 15) is 17.2 Å². The third-order valence-corrected chi connectivity index (χ3v) is 7.74. The maximum Gasteiger partial charge on any atom is 0.265 e. The van der Waals surface area contributed by atoms with Crippen molar-refractivity contribution in [2.24, 2.45) is 0 Å². The predicted molar refractivity (Wildman–Crippen MR) is 129 cm³/mol. The van der Waals surface area contributed by atoms with Gasteiger partial charge in [0.15, 0.2) is 5.82 Å². The second-order valence-electron chi connectivity index (χ2n) is 8.59. The van der Waals surface area contributed by atoms with Crippen molar-refractivity contribution in [3.63, 3.8) is 0 Å². The number of nitrogens with one attached hydrogen (secondary N) is 1. The van der Waals surface area contributed by atoms with Crippen LogP contribution in [0.3, 0.4) is 0 Å². The number of nitrogens with two attached hydrogens (primary N) is 1. The fourth-order valence-corrected chi connectivity index (χ4v) is 5.43. The van der Waals surface area contributed by atoms with E-state index in [1.54, 1.807) is 6.07 Å². The van der Waals surface area contributed by atoms with Gasteiger partial charge in [0, 0.05) is 17.2 Å². The number of nitrogens with zero attached hydrogens (tertiary/aromatic N) is 3. The van der Waals surface area contributed by atoms with Crippen molar-refractivity contribution >= 4 is 33.0 Å². The van der Waals surface area contributed by atoms with Crippen LogP contribution in [0.15, 0.2) is 53.6 Å². The minimum absolute atomic E-state index is 0.0103. The van der Waals surface area contributed by atoms with Crippen molar-refractivity contribution in [2.75, 3.05) is 10.5 Å². The minimum Gasteiger partial charge on any atom is -0.368 e. The lowest BCUT2D eigenvalue weighted by molar-refractivity contribution is 0.555. The lowest BCUT2D eigenvalue weighted by Gasteiger charge is -2.14. The summed E-state index contributed by atoms with van der Waals surface area (Å²) in [5, 5.41) is 0.687. The summed E-state index contributed by atoms with van der Waals surface area (Å²) >= 11 is 1.30. The van der Waals surface area contributed by atoms with Gasteiger partial charge in [-0.15, -0.1) is 11.3 Å². The Labute approximate surface area is 204 Å². The standard InChI is InChI=1S/C23H20F3N5O2S2/c1-23(2,3)21-30-19(20(34-21)16-9-10-28-22(27)29-16)13-5-4-6-15(18(13)26)31-35(32,33)17-11-12(24)7-8-14(17)25/h4-11,31H,1-3H3,(H2,27,28,29). The molecule has 2 aromatic heterocycles. The first-order valence-electron chi connectivity index (χ1n) is 10.2. The Morgan fingerprint density at radius 3 is 2.46 bits per heavy atom. The number of sulfonamides is 1. The van der Waals surface area contributed by atoms with E-state index in [1.807, 2.05) is 25.5 Å². The first-order chi connectivity index (χ1) is 16.4. The van der Waals surface area contributed by atoms with Crippen LogP contribution in [0.5, 0.6) is 0 Å². The zero-order valence-corrected chi connectivity index (χ0v) is 20.4. The molecule has 3 N–H and O–H groups in total. The largest absolute Gasteiger partial charge is 0.368 e. The average molecular weight is 520 g/mol. The number of rotatable bonds is 5. The Morgan fingerprint density at radius 2 is 1.77 bits per heavy atom. The highest BCUT2D eigenvalue weighted by atomic mass is 32.2. The molecule has 182 valence electrons. The molecular weight excluding hydrogens is 499 g/mol. The molecule has 7 nitrogen and oxygen atoms in total. The Kier molecular flexibility index (Phi) is 6.28. The lowest BCUT2D eigenvalue weighted by atomic mass is 9.98. The predicted octanol–water partition coefficient (Wildman–Crippen LogP) is 5.36. The van der Waals surface area contributed by atoms with Crippen LogP contribution < -0.4 is 10.5 Å². The van der Waals surface area contributed by atoms with Crippen LogP contribution in [0.25, 0.3) is 21.8 Å². The highest BCUT2D eigenvalue weighted by Crippen LogP contribution is 2.42. The van der Waals surface area contributed by atoms with Gasteiger partial charge >= 0.3 is 0 Å². The summed E-state index contributed by atoms with van der Waals surface area (Å²) in [5.41, 5.74) is 5.55. The van der Waals surface area contributed by atoms with E-state index < -0.39 is 38.1 Å². The summed E-state index contributed by atoms with van der Waals surface area (Å²) in [5.74, 6) is -3.04. The Bertz CT molecular complexity index is 1530. The molecule has 0 fully saturated rings. The molecule has 35 heavy (non-hydrogen) atoms. The number of aromatic nitrogens is 3. The van der Waals surface area contributed by atoms with E-state index in [2.05, 4.69) is 15.0 Å². The van der Waals surface area contributed by atoms with Gasteiger partial charge in [0.1, 0.15) is 16.5 Å². The fourth-order valence-electron chi connectivity index (χ4n) is 3.17. The van der Waals surface area contributed by atoms with Crippen molar-refractivity contribution in [1.82, 2.24) is 15.0 Å². The maximum absolute atomic E-state index is 15.7. The molecule has 0 spiro atoms. The summed E-state index contributed by atoms with van der Waals surface area (Å²) in [4.78, 5) is 12.3. The molecule has 0 atom stereocenters. The fraction of sp³-hybridized carbons (Fsp3) is 0.174. The van der Waals surface area contributed by atoms with Crippen molar-refractivity contribution < 1.29 is 21.6 Å². The van der Waals surface area contributed by atoms with Crippen LogP contribution in [0.4, 0.5) is 24.8 Å². The van der Waals surface area contributed by atoms with Gasteiger partial charge < -0.3 is 5.73 Å². The topological polar surface area (TPSA) is 111 Å². The SMILES string of the molecule is CC(C)(C)c1nc(-c2cccc(NS(=O)(=O)c3cc(F)ccc3F)c2F)c(-c2ccnc(N)n2)s1. The van der Waals surface area contributed by atoms with Gasteiger partial charge in [-0.1, -0.05) is 26.8 Å². The van der Waals surface area contributed by atoms with E-state index in [0.717, 1.165) is 6.07 Å². The smallest absolute Gasteiger partial charge is 0.265 e. The number of hydrogen-bond donors (Lipinski definition) is 2. The van der Waals surface area contributed by atoms with Crippen LogP contribution in [0.1, 0.15) is 25.8 Å². The van der Waals surface area contributed by atoms with E-state index >= 15 is 4.39 Å². The highest BCUT2D eigenvalue weighted by molar-refractivity contribution is 7.92. The molecule has 0 radical (unpaired) electrons. The molecule has 2 aromatic carbocycles. The van der Waals surface area contributed by atoms with Crippen molar-refractivity contribution in [3.05, 3.63) is 71.1 Å². The molecule has 2 heterocycles. The first kappa shape index (κ1) is 24.6. The molecule has 0 saturated heterocycles. The second kappa shape index (κ2) is 8.93. The summed E-state index contributed by atoms with van der Waals surface area (Å²) in [6, 6.07) is 7.63. The van der Waals surface area contributed by atoms with E-state index in [1.165, 1.54) is 35.7 Å². The Morgan fingerprint density at radius 1 is 1.03 bits per heavy atom. The van der Waals surface area contributed by atoms with Crippen LogP contribution in [0.2, 0.25) is 0 Å². The lowest BCUT2D eigenvalue weighted by Crippen LogP contribution is -2.16. The normalized spacial score (nSPS) is 12.1. The maximum atomic E-state index is 15.7. The second-order valence-corrected chi connectivity index (χ2v) is 11.2. The molecule has 0 amide bonds. The van der Waals surface area contributed by atoms with Gasteiger partial charge in [-0.25, -0.2) is 36.5 Å². The van der Waals surface area contributed by atoms with E-state index in [4.69, 9.17) is 5.73 Å². The summed E-state index contributed by atoms with van der Waals surface area (Å²) in [6.45, 7) is 5.84. The number of nitrogen functional groups attached to an aromatic ring is 1. The van der Waals surface area contributed by atoms with Gasteiger partial charge in [0.2, 0.25) is 5.95 Å². The summed E-state index contributed by atoms with van der Waals surface area (Å²) < 4.78 is 70.7. The van der Waals surface area contributed by atoms with Crippen LogP contribution in [-0.4, -0.2) is 23.4 Å². The van der Waals surface area contributed by atoms with Crippen molar-refractivity contribution in [1.29, 1.82) is 0 Å². The van der Waals surface area contributed by atoms with Gasteiger partial charge in [-0.3, -0.25) is 4.72 Å². The Hall–Kier alpha value is -3.51. The quantitative estimate of drug-likeness (QED) is 0.367. The average Bonchev–Trinajstić information content (AvgIpc) is 3.22. The van der Waals surface area contributed by atoms with E-state index in [0.29, 0.717) is 27.7 Å². The third kappa shape index (κ3) is 4.98. The minimum atomic E-state index is -4.63. The molecule has 0 bridgehead atoms. The molecule has 0 unspecified atom stereocenters. The number of hydrogen-bond acceptors (Lipinski definition) is 7.